The molecule has 98 valence electrons. The van der Waals surface area contributed by atoms with Crippen LogP contribution in [0.4, 0.5) is 10.1 Å². The van der Waals surface area contributed by atoms with Gasteiger partial charge in [0.2, 0.25) is 0 Å². The molecule has 2 rings (SSSR count). The average Bonchev–Trinajstić information content (AvgIpc) is 2.34. The van der Waals surface area contributed by atoms with E-state index in [0.29, 0.717) is 16.0 Å². The molecule has 0 spiro atoms. The van der Waals surface area contributed by atoms with Crippen LogP contribution in [0.5, 0.6) is 11.5 Å². The molecule has 6 heteroatoms. The molecule has 0 saturated carbocycles. The van der Waals surface area contributed by atoms with Gasteiger partial charge < -0.3 is 16.2 Å². The van der Waals surface area contributed by atoms with E-state index in [1.54, 1.807) is 6.07 Å². The lowest BCUT2D eigenvalue weighted by Gasteiger charge is -2.09. The van der Waals surface area contributed by atoms with Crippen molar-refractivity contribution >= 4 is 27.5 Å². The zero-order valence-corrected chi connectivity index (χ0v) is 11.3. The third kappa shape index (κ3) is 3.03. The van der Waals surface area contributed by atoms with E-state index in [9.17, 15) is 9.18 Å². The summed E-state index contributed by atoms with van der Waals surface area (Å²) in [5, 5.41) is 0. The first-order valence-electron chi connectivity index (χ1n) is 5.29. The number of carbonyl (C=O) groups excluding carboxylic acids is 1. The minimum atomic E-state index is -0.638. The third-order valence-electron chi connectivity index (χ3n) is 2.41. The molecule has 2 aromatic carbocycles. The van der Waals surface area contributed by atoms with Crippen LogP contribution in [0, 0.1) is 5.82 Å². The Morgan fingerprint density at radius 2 is 1.95 bits per heavy atom. The number of hydrogen-bond acceptors (Lipinski definition) is 3. The molecule has 0 heterocycles. The van der Waals surface area contributed by atoms with E-state index in [1.165, 1.54) is 30.3 Å². The van der Waals surface area contributed by atoms with Crippen LogP contribution in [-0.4, -0.2) is 5.91 Å². The molecule has 0 atom stereocenters. The van der Waals surface area contributed by atoms with Crippen LogP contribution in [0.25, 0.3) is 0 Å². The van der Waals surface area contributed by atoms with Crippen molar-refractivity contribution in [3.8, 4) is 11.5 Å². The highest BCUT2D eigenvalue weighted by molar-refractivity contribution is 9.10. The van der Waals surface area contributed by atoms with Crippen molar-refractivity contribution < 1.29 is 13.9 Å². The quantitative estimate of drug-likeness (QED) is 0.851. The van der Waals surface area contributed by atoms with Crippen LogP contribution in [0.2, 0.25) is 0 Å². The van der Waals surface area contributed by atoms with E-state index in [1.807, 2.05) is 0 Å². The predicted octanol–water partition coefficient (Wildman–Crippen LogP) is 3.06. The molecule has 0 aromatic heterocycles. The fourth-order valence-electron chi connectivity index (χ4n) is 1.50. The Morgan fingerprint density at radius 3 is 2.58 bits per heavy atom. The Hall–Kier alpha value is -2.08. The number of primary amides is 1. The van der Waals surface area contributed by atoms with E-state index < -0.39 is 5.91 Å². The number of benzene rings is 2. The van der Waals surface area contributed by atoms with Crippen molar-refractivity contribution in [3.63, 3.8) is 0 Å². The maximum atomic E-state index is 12.9. The lowest BCUT2D eigenvalue weighted by molar-refractivity contribution is 0.100. The second kappa shape index (κ2) is 5.27. The van der Waals surface area contributed by atoms with Crippen LogP contribution in [0.15, 0.2) is 40.9 Å². The molecule has 1 amide bonds. The van der Waals surface area contributed by atoms with E-state index in [4.69, 9.17) is 16.2 Å². The van der Waals surface area contributed by atoms with Gasteiger partial charge in [0.25, 0.3) is 5.91 Å². The molecular formula is C13H10BrFN2O2. The number of carbonyl (C=O) groups is 1. The molecule has 2 aromatic rings. The van der Waals surface area contributed by atoms with Crippen molar-refractivity contribution in [3.05, 3.63) is 52.3 Å². The standard InChI is InChI=1S/C13H10BrFN2O2/c14-10-5-7(15)1-4-12(10)19-8-2-3-11(16)9(6-8)13(17)18/h1-6H,16H2,(H2,17,18). The fourth-order valence-corrected chi connectivity index (χ4v) is 1.93. The van der Waals surface area contributed by atoms with Crippen LogP contribution in [0.3, 0.4) is 0 Å². The van der Waals surface area contributed by atoms with E-state index in [2.05, 4.69) is 15.9 Å². The van der Waals surface area contributed by atoms with E-state index in [-0.39, 0.29) is 17.1 Å². The Labute approximate surface area is 117 Å². The summed E-state index contributed by atoms with van der Waals surface area (Å²) >= 11 is 3.19. The van der Waals surface area contributed by atoms with Crippen molar-refractivity contribution in [2.45, 2.75) is 0 Å². The Bertz CT molecular complexity index is 647. The highest BCUT2D eigenvalue weighted by Gasteiger charge is 2.09. The van der Waals surface area contributed by atoms with Crippen molar-refractivity contribution in [1.82, 2.24) is 0 Å². The Morgan fingerprint density at radius 1 is 1.21 bits per heavy atom. The van der Waals surface area contributed by atoms with Crippen molar-refractivity contribution in [2.75, 3.05) is 5.73 Å². The lowest BCUT2D eigenvalue weighted by atomic mass is 10.1. The van der Waals surface area contributed by atoms with Gasteiger partial charge in [-0.3, -0.25) is 4.79 Å². The maximum absolute atomic E-state index is 12.9. The molecule has 0 aliphatic carbocycles. The van der Waals surface area contributed by atoms with Gasteiger partial charge in [-0.2, -0.15) is 0 Å². The number of anilines is 1. The second-order valence-electron chi connectivity index (χ2n) is 3.79. The van der Waals surface area contributed by atoms with Gasteiger partial charge in [0.1, 0.15) is 17.3 Å². The molecule has 4 N–H and O–H groups in total. The molecule has 19 heavy (non-hydrogen) atoms. The molecule has 0 aliphatic heterocycles. The lowest BCUT2D eigenvalue weighted by Crippen LogP contribution is -2.13. The first-order chi connectivity index (χ1) is 8.97. The Kier molecular flexibility index (Phi) is 3.71. The van der Waals surface area contributed by atoms with Crippen LogP contribution < -0.4 is 16.2 Å². The second-order valence-corrected chi connectivity index (χ2v) is 4.64. The zero-order chi connectivity index (χ0) is 14.0. The van der Waals surface area contributed by atoms with Crippen molar-refractivity contribution in [2.24, 2.45) is 5.73 Å². The minimum absolute atomic E-state index is 0.177. The summed E-state index contributed by atoms with van der Waals surface area (Å²) in [4.78, 5) is 11.2. The van der Waals surface area contributed by atoms with Gasteiger partial charge in [0.05, 0.1) is 10.0 Å². The number of hydrogen-bond donors (Lipinski definition) is 2. The van der Waals surface area contributed by atoms with Gasteiger partial charge in [-0.15, -0.1) is 0 Å². The summed E-state index contributed by atoms with van der Waals surface area (Å²) in [6.07, 6.45) is 0. The van der Waals surface area contributed by atoms with Gasteiger partial charge in [-0.1, -0.05) is 0 Å². The maximum Gasteiger partial charge on any atom is 0.250 e. The van der Waals surface area contributed by atoms with Gasteiger partial charge in [0.15, 0.2) is 0 Å². The molecule has 4 nitrogen and oxygen atoms in total. The van der Waals surface area contributed by atoms with E-state index in [0.717, 1.165) is 0 Å². The van der Waals surface area contributed by atoms with Crippen LogP contribution in [-0.2, 0) is 0 Å². The van der Waals surface area contributed by atoms with Crippen molar-refractivity contribution in [1.29, 1.82) is 0 Å². The summed E-state index contributed by atoms with van der Waals surface area (Å²) in [5.41, 5.74) is 11.3. The molecule has 0 fully saturated rings. The number of amides is 1. The zero-order valence-electron chi connectivity index (χ0n) is 9.69. The summed E-state index contributed by atoms with van der Waals surface area (Å²) < 4.78 is 18.9. The number of rotatable bonds is 3. The van der Waals surface area contributed by atoms with Crippen LogP contribution >= 0.6 is 15.9 Å². The highest BCUT2D eigenvalue weighted by Crippen LogP contribution is 2.31. The van der Waals surface area contributed by atoms with E-state index >= 15 is 0 Å². The van der Waals surface area contributed by atoms with Gasteiger partial charge >= 0.3 is 0 Å². The molecule has 0 radical (unpaired) electrons. The fraction of sp³-hybridized carbons (Fsp3) is 0. The smallest absolute Gasteiger partial charge is 0.250 e. The molecule has 0 bridgehead atoms. The van der Waals surface area contributed by atoms with Gasteiger partial charge in [-0.05, 0) is 52.3 Å². The first-order valence-corrected chi connectivity index (χ1v) is 6.09. The third-order valence-corrected chi connectivity index (χ3v) is 3.03. The van der Waals surface area contributed by atoms with Crippen LogP contribution in [0.1, 0.15) is 10.4 Å². The monoisotopic (exact) mass is 324 g/mol. The number of ether oxygens (including phenoxy) is 1. The summed E-state index contributed by atoms with van der Waals surface area (Å²) in [6.45, 7) is 0. The largest absolute Gasteiger partial charge is 0.456 e. The van der Waals surface area contributed by atoms with Gasteiger partial charge in [-0.25, -0.2) is 4.39 Å². The summed E-state index contributed by atoms with van der Waals surface area (Å²) in [5.74, 6) is -0.215. The average molecular weight is 325 g/mol. The molecule has 0 aliphatic rings. The molecule has 0 unspecified atom stereocenters. The molecular weight excluding hydrogens is 315 g/mol. The summed E-state index contributed by atoms with van der Waals surface area (Å²) in [7, 11) is 0. The number of halogens is 2. The first kappa shape index (κ1) is 13.4. The summed E-state index contributed by atoms with van der Waals surface area (Å²) in [6, 6.07) is 8.58. The minimum Gasteiger partial charge on any atom is -0.456 e. The number of nitrogen functional groups attached to an aromatic ring is 1. The number of nitrogens with two attached hydrogens (primary N) is 2. The topological polar surface area (TPSA) is 78.3 Å². The SMILES string of the molecule is NC(=O)c1cc(Oc2ccc(F)cc2Br)ccc1N. The van der Waals surface area contributed by atoms with Gasteiger partial charge in [0, 0.05) is 5.69 Å². The highest BCUT2D eigenvalue weighted by atomic mass is 79.9. The molecule has 0 saturated heterocycles. The Balaban J connectivity index is 2.33. The predicted molar refractivity (Wildman–Crippen MR) is 73.5 cm³/mol. The normalized spacial score (nSPS) is 10.2.